The molecule has 1 aromatic carbocycles. The maximum absolute atomic E-state index is 12.3. The Kier molecular flexibility index (Phi) is 4.08. The van der Waals surface area contributed by atoms with E-state index in [-0.39, 0.29) is 11.7 Å². The number of thiocarbonyl (C=S) groups is 1. The quantitative estimate of drug-likeness (QED) is 0.532. The zero-order valence-corrected chi connectivity index (χ0v) is 12.8. The van der Waals surface area contributed by atoms with Crippen molar-refractivity contribution in [2.45, 2.75) is 0 Å². The fourth-order valence-corrected chi connectivity index (χ4v) is 2.95. The lowest BCUT2D eigenvalue weighted by Crippen LogP contribution is -2.22. The molecule has 1 fully saturated rings. The van der Waals surface area contributed by atoms with Gasteiger partial charge in [0.15, 0.2) is 4.32 Å². The number of benzene rings is 1. The van der Waals surface area contributed by atoms with E-state index in [1.165, 1.54) is 12.5 Å². The van der Waals surface area contributed by atoms with Crippen molar-refractivity contribution in [3.8, 4) is 5.75 Å². The van der Waals surface area contributed by atoms with Crippen molar-refractivity contribution < 1.29 is 14.3 Å². The van der Waals surface area contributed by atoms with Crippen LogP contribution < -0.4 is 0 Å². The largest absolute Gasteiger partial charge is 0.507 e. The lowest BCUT2D eigenvalue weighted by Gasteiger charge is -2.05. The molecule has 3 rings (SSSR count). The first kappa shape index (κ1) is 14.6. The Morgan fingerprint density at radius 3 is 2.82 bits per heavy atom. The molecule has 0 bridgehead atoms. The Labute approximate surface area is 135 Å². The molecule has 7 heteroatoms. The predicted octanol–water partition coefficient (Wildman–Crippen LogP) is 3.22. The maximum Gasteiger partial charge on any atom is 0.286 e. The number of nitrogens with zero attached hydrogens (tertiary/aromatic N) is 2. The third-order valence-corrected chi connectivity index (χ3v) is 4.12. The highest BCUT2D eigenvalue weighted by Gasteiger charge is 2.32. The highest BCUT2D eigenvalue weighted by Crippen LogP contribution is 2.34. The van der Waals surface area contributed by atoms with Gasteiger partial charge >= 0.3 is 0 Å². The average molecular weight is 330 g/mol. The van der Waals surface area contributed by atoms with Crippen LogP contribution in [0.2, 0.25) is 0 Å². The van der Waals surface area contributed by atoms with Crippen molar-refractivity contribution >= 4 is 46.5 Å². The first-order chi connectivity index (χ1) is 10.6. The van der Waals surface area contributed by atoms with E-state index in [2.05, 4.69) is 5.10 Å². The molecular formula is C15H10N2O3S2. The Bertz CT molecular complexity index is 782. The number of para-hydroxylation sites is 1. The van der Waals surface area contributed by atoms with Gasteiger partial charge in [0, 0.05) is 5.56 Å². The van der Waals surface area contributed by atoms with E-state index in [0.29, 0.717) is 20.5 Å². The van der Waals surface area contributed by atoms with Gasteiger partial charge in [-0.2, -0.15) is 10.1 Å². The van der Waals surface area contributed by atoms with E-state index >= 15 is 0 Å². The number of phenols is 1. The number of phenolic OH excluding ortho intramolecular Hbond substituents is 1. The third-order valence-electron chi connectivity index (χ3n) is 2.84. The second-order valence-corrected chi connectivity index (χ2v) is 5.99. The van der Waals surface area contributed by atoms with Gasteiger partial charge in [-0.25, -0.2) is 0 Å². The van der Waals surface area contributed by atoms with Crippen LogP contribution in [0.5, 0.6) is 5.75 Å². The van der Waals surface area contributed by atoms with Crippen molar-refractivity contribution in [2.24, 2.45) is 5.10 Å². The summed E-state index contributed by atoms with van der Waals surface area (Å²) in [5, 5.41) is 14.9. The Morgan fingerprint density at radius 2 is 2.09 bits per heavy atom. The summed E-state index contributed by atoms with van der Waals surface area (Å²) in [7, 11) is 0. The molecule has 0 saturated carbocycles. The molecule has 1 N–H and O–H groups in total. The SMILES string of the molecule is O=C1/C(=C\c2ccccc2O)SC(=S)N1/N=C/c1ccco1. The number of hydrazone groups is 1. The monoisotopic (exact) mass is 330 g/mol. The van der Waals surface area contributed by atoms with Crippen molar-refractivity contribution in [2.75, 3.05) is 0 Å². The van der Waals surface area contributed by atoms with Gasteiger partial charge in [-0.3, -0.25) is 4.79 Å². The van der Waals surface area contributed by atoms with E-state index < -0.39 is 0 Å². The average Bonchev–Trinajstić information content (AvgIpc) is 3.10. The first-order valence-corrected chi connectivity index (χ1v) is 7.51. The molecule has 110 valence electrons. The van der Waals surface area contributed by atoms with Crippen LogP contribution in [0.3, 0.4) is 0 Å². The van der Waals surface area contributed by atoms with Crippen LogP contribution in [0.4, 0.5) is 0 Å². The Morgan fingerprint density at radius 1 is 1.27 bits per heavy atom. The topological polar surface area (TPSA) is 66.0 Å². The number of carbonyl (C=O) groups is 1. The summed E-state index contributed by atoms with van der Waals surface area (Å²) in [6, 6.07) is 10.2. The van der Waals surface area contributed by atoms with E-state index in [9.17, 15) is 9.90 Å². The minimum absolute atomic E-state index is 0.104. The van der Waals surface area contributed by atoms with Crippen LogP contribution in [0.25, 0.3) is 6.08 Å². The summed E-state index contributed by atoms with van der Waals surface area (Å²) in [6.07, 6.45) is 4.54. The second-order valence-electron chi connectivity index (χ2n) is 4.31. The molecule has 22 heavy (non-hydrogen) atoms. The van der Waals surface area contributed by atoms with Crippen molar-refractivity contribution in [3.05, 3.63) is 58.9 Å². The normalized spacial score (nSPS) is 17.1. The number of hydrogen-bond acceptors (Lipinski definition) is 6. The van der Waals surface area contributed by atoms with Crippen LogP contribution in [0, 0.1) is 0 Å². The zero-order valence-electron chi connectivity index (χ0n) is 11.2. The summed E-state index contributed by atoms with van der Waals surface area (Å²) < 4.78 is 5.45. The van der Waals surface area contributed by atoms with Gasteiger partial charge in [-0.1, -0.05) is 30.0 Å². The predicted molar refractivity (Wildman–Crippen MR) is 89.4 cm³/mol. The van der Waals surface area contributed by atoms with Gasteiger partial charge in [-0.15, -0.1) is 0 Å². The fourth-order valence-electron chi connectivity index (χ4n) is 1.79. The third kappa shape index (κ3) is 2.95. The van der Waals surface area contributed by atoms with Crippen LogP contribution >= 0.6 is 24.0 Å². The molecule has 1 aliphatic heterocycles. The molecule has 1 saturated heterocycles. The number of amides is 1. The smallest absolute Gasteiger partial charge is 0.286 e. The highest BCUT2D eigenvalue weighted by atomic mass is 32.2. The molecule has 2 aromatic rings. The van der Waals surface area contributed by atoms with E-state index in [4.69, 9.17) is 16.6 Å². The minimum Gasteiger partial charge on any atom is -0.507 e. The summed E-state index contributed by atoms with van der Waals surface area (Å²) in [5.41, 5.74) is 0.554. The van der Waals surface area contributed by atoms with Crippen LogP contribution in [-0.2, 0) is 4.79 Å². The van der Waals surface area contributed by atoms with Crippen molar-refractivity contribution in [3.63, 3.8) is 0 Å². The standard InChI is InChI=1S/C15H10N2O3S2/c18-12-6-2-1-4-10(12)8-13-14(19)17(15(21)22-13)16-9-11-5-3-7-20-11/h1-9,18H/b13-8+,16-9+. The van der Waals surface area contributed by atoms with Crippen molar-refractivity contribution in [1.29, 1.82) is 0 Å². The second kappa shape index (κ2) is 6.17. The minimum atomic E-state index is -0.332. The van der Waals surface area contributed by atoms with Crippen LogP contribution in [0.1, 0.15) is 11.3 Å². The van der Waals surface area contributed by atoms with Gasteiger partial charge in [-0.05, 0) is 36.5 Å². The zero-order chi connectivity index (χ0) is 15.5. The summed E-state index contributed by atoms with van der Waals surface area (Å²) in [5.74, 6) is 0.298. The Hall–Kier alpha value is -2.38. The summed E-state index contributed by atoms with van der Waals surface area (Å²) in [6.45, 7) is 0. The van der Waals surface area contributed by atoms with Gasteiger partial charge in [0.1, 0.15) is 11.5 Å². The fraction of sp³-hybridized carbons (Fsp3) is 0. The molecular weight excluding hydrogens is 320 g/mol. The van der Waals surface area contributed by atoms with Gasteiger partial charge < -0.3 is 9.52 Å². The molecule has 0 atom stereocenters. The molecule has 0 radical (unpaired) electrons. The summed E-state index contributed by atoms with van der Waals surface area (Å²) in [4.78, 5) is 12.7. The molecule has 0 aliphatic carbocycles. The van der Waals surface area contributed by atoms with Gasteiger partial charge in [0.05, 0.1) is 17.4 Å². The molecule has 1 aliphatic rings. The van der Waals surface area contributed by atoms with E-state index in [0.717, 1.165) is 16.8 Å². The Balaban J connectivity index is 1.84. The van der Waals surface area contributed by atoms with Crippen LogP contribution in [-0.4, -0.2) is 26.6 Å². The van der Waals surface area contributed by atoms with Crippen molar-refractivity contribution in [1.82, 2.24) is 5.01 Å². The maximum atomic E-state index is 12.3. The van der Waals surface area contributed by atoms with E-state index in [1.54, 1.807) is 42.5 Å². The molecule has 0 unspecified atom stereocenters. The van der Waals surface area contributed by atoms with Gasteiger partial charge in [0.25, 0.3) is 5.91 Å². The highest BCUT2D eigenvalue weighted by molar-refractivity contribution is 8.26. The molecule has 2 heterocycles. The number of hydrogen-bond donors (Lipinski definition) is 1. The number of rotatable bonds is 3. The summed E-state index contributed by atoms with van der Waals surface area (Å²) >= 11 is 6.29. The number of thioether (sulfide) groups is 1. The molecule has 1 aromatic heterocycles. The van der Waals surface area contributed by atoms with E-state index in [1.807, 2.05) is 0 Å². The number of furan rings is 1. The lowest BCUT2D eigenvalue weighted by molar-refractivity contribution is -0.122. The first-order valence-electron chi connectivity index (χ1n) is 6.28. The number of carbonyl (C=O) groups excluding carboxylic acids is 1. The molecule has 0 spiro atoms. The molecule has 5 nitrogen and oxygen atoms in total. The molecule has 1 amide bonds. The lowest BCUT2D eigenvalue weighted by atomic mass is 10.2. The van der Waals surface area contributed by atoms with Gasteiger partial charge in [0.2, 0.25) is 0 Å². The number of aromatic hydroxyl groups is 1. The van der Waals surface area contributed by atoms with Crippen LogP contribution in [0.15, 0.2) is 57.1 Å².